The van der Waals surface area contributed by atoms with Crippen molar-refractivity contribution in [3.8, 4) is 0 Å². The average Bonchev–Trinajstić information content (AvgIpc) is 2.69. The average molecular weight is 256 g/mol. The molecule has 0 saturated carbocycles. The summed E-state index contributed by atoms with van der Waals surface area (Å²) in [5.74, 6) is -0.597. The monoisotopic (exact) mass is 256 g/mol. The molecule has 0 radical (unpaired) electrons. The molecule has 92 valence electrons. The van der Waals surface area contributed by atoms with Crippen LogP contribution in [0, 0.1) is 0 Å². The van der Waals surface area contributed by atoms with E-state index in [0.29, 0.717) is 0 Å². The van der Waals surface area contributed by atoms with Crippen LogP contribution in [0.4, 0.5) is 5.69 Å². The number of amides is 1. The smallest absolute Gasteiger partial charge is 0.274 e. The maximum Gasteiger partial charge on any atom is 0.274 e. The summed E-state index contributed by atoms with van der Waals surface area (Å²) in [6.45, 7) is 0. The predicted molar refractivity (Wildman–Crippen MR) is 61.8 cm³/mol. The highest BCUT2D eigenvalue weighted by atomic mass is 32.2. The molecular weight excluding hydrogens is 244 g/mol. The third-order valence-corrected chi connectivity index (χ3v) is 3.71. The number of nitrogens with one attached hydrogen (secondary N) is 1. The van der Waals surface area contributed by atoms with E-state index in [1.165, 1.54) is 17.0 Å². The Morgan fingerprint density at radius 3 is 2.82 bits per heavy atom. The van der Waals surface area contributed by atoms with Crippen molar-refractivity contribution < 1.29 is 13.2 Å². The molecule has 0 aliphatic carbocycles. The van der Waals surface area contributed by atoms with Crippen LogP contribution >= 0.6 is 0 Å². The number of nitrogens with zero attached hydrogens (tertiary/aromatic N) is 2. The lowest BCUT2D eigenvalue weighted by Gasteiger charge is -2.08. The normalized spacial score (nSPS) is 21.6. The van der Waals surface area contributed by atoms with Gasteiger partial charge in [-0.1, -0.05) is 0 Å². The summed E-state index contributed by atoms with van der Waals surface area (Å²) < 4.78 is 23.7. The quantitative estimate of drug-likeness (QED) is 0.709. The highest BCUT2D eigenvalue weighted by Crippen LogP contribution is 2.11. The molecule has 0 spiro atoms. The van der Waals surface area contributed by atoms with Crippen LogP contribution in [0.15, 0.2) is 17.7 Å². The molecule has 1 amide bonds. The lowest BCUT2D eigenvalue weighted by atomic mass is 10.3. The minimum absolute atomic E-state index is 0.102. The fourth-order valence-electron chi connectivity index (χ4n) is 1.59. The van der Waals surface area contributed by atoms with E-state index < -0.39 is 21.8 Å². The highest BCUT2D eigenvalue weighted by Gasteiger charge is 2.25. The molecule has 1 atom stereocenters. The first kappa shape index (κ1) is 11.6. The molecule has 2 rings (SSSR count). The third kappa shape index (κ3) is 2.47. The van der Waals surface area contributed by atoms with Crippen LogP contribution in [-0.4, -0.2) is 35.9 Å². The Balaban J connectivity index is 2.09. The van der Waals surface area contributed by atoms with Gasteiger partial charge in [-0.15, -0.1) is 0 Å². The number of rotatable bonds is 2. The zero-order chi connectivity index (χ0) is 12.6. The number of carbonyl (C=O) groups is 1. The zero-order valence-electron chi connectivity index (χ0n) is 9.12. The summed E-state index contributed by atoms with van der Waals surface area (Å²) in [4.78, 5) is 11.8. The number of sulfone groups is 1. The molecule has 17 heavy (non-hydrogen) atoms. The van der Waals surface area contributed by atoms with E-state index in [1.807, 2.05) is 0 Å². The van der Waals surface area contributed by atoms with Crippen molar-refractivity contribution in [2.45, 2.75) is 6.04 Å². The van der Waals surface area contributed by atoms with Crippen LogP contribution in [-0.2, 0) is 16.9 Å². The van der Waals surface area contributed by atoms with Gasteiger partial charge in [0, 0.05) is 18.7 Å². The molecule has 1 aliphatic rings. The number of carbonyl (C=O) groups excluding carboxylic acids is 1. The number of nitrogen functional groups attached to an aromatic ring is 1. The fourth-order valence-corrected chi connectivity index (χ4v) is 2.82. The molecule has 2 heterocycles. The number of hydrogen-bond donors (Lipinski definition) is 2. The Bertz CT molecular complexity index is 587. The second kappa shape index (κ2) is 3.88. The van der Waals surface area contributed by atoms with Crippen molar-refractivity contribution in [3.05, 3.63) is 23.4 Å². The fraction of sp³-hybridized carbons (Fsp3) is 0.333. The number of aryl methyl sites for hydroxylation is 1. The standard InChI is InChI=1S/C9H12N4O3S/c1-13-4-7(10)8(12-13)9(14)11-6-2-3-17(15,16)5-6/h2-4,6H,5,10H2,1H3,(H,11,14). The molecular formula is C9H12N4O3S. The molecule has 7 nitrogen and oxygen atoms in total. The Hall–Kier alpha value is -1.83. The van der Waals surface area contributed by atoms with E-state index in [4.69, 9.17) is 5.73 Å². The topological polar surface area (TPSA) is 107 Å². The predicted octanol–water partition coefficient (Wildman–Crippen LogP) is -0.957. The van der Waals surface area contributed by atoms with E-state index in [1.54, 1.807) is 7.05 Å². The first-order chi connectivity index (χ1) is 7.87. The molecule has 1 aromatic rings. The van der Waals surface area contributed by atoms with E-state index in [2.05, 4.69) is 10.4 Å². The number of aromatic nitrogens is 2. The van der Waals surface area contributed by atoms with Gasteiger partial charge in [0.25, 0.3) is 5.91 Å². The Kier molecular flexibility index (Phi) is 2.66. The van der Waals surface area contributed by atoms with Crippen molar-refractivity contribution >= 4 is 21.4 Å². The van der Waals surface area contributed by atoms with Gasteiger partial charge in [-0.25, -0.2) is 8.42 Å². The van der Waals surface area contributed by atoms with Crippen molar-refractivity contribution in [3.63, 3.8) is 0 Å². The second-order valence-electron chi connectivity index (χ2n) is 3.84. The van der Waals surface area contributed by atoms with Gasteiger partial charge in [0.05, 0.1) is 17.5 Å². The summed E-state index contributed by atoms with van der Waals surface area (Å²) in [6.07, 6.45) is 2.95. The molecule has 0 bridgehead atoms. The van der Waals surface area contributed by atoms with Gasteiger partial charge in [0.15, 0.2) is 15.5 Å². The second-order valence-corrected chi connectivity index (χ2v) is 5.78. The molecule has 0 saturated heterocycles. The molecule has 1 unspecified atom stereocenters. The largest absolute Gasteiger partial charge is 0.396 e. The lowest BCUT2D eigenvalue weighted by Crippen LogP contribution is -2.36. The van der Waals surface area contributed by atoms with Crippen LogP contribution in [0.25, 0.3) is 0 Å². The summed E-state index contributed by atoms with van der Waals surface area (Å²) in [7, 11) is -1.53. The Morgan fingerprint density at radius 1 is 1.65 bits per heavy atom. The molecule has 1 aliphatic heterocycles. The maximum absolute atomic E-state index is 11.8. The van der Waals surface area contributed by atoms with Gasteiger partial charge in [-0.3, -0.25) is 9.48 Å². The van der Waals surface area contributed by atoms with E-state index in [9.17, 15) is 13.2 Å². The number of anilines is 1. The molecule has 8 heteroatoms. The molecule has 0 fully saturated rings. The van der Waals surface area contributed by atoms with Crippen molar-refractivity contribution in [1.82, 2.24) is 15.1 Å². The minimum Gasteiger partial charge on any atom is -0.396 e. The Morgan fingerprint density at radius 2 is 2.35 bits per heavy atom. The molecule has 3 N–H and O–H groups in total. The van der Waals surface area contributed by atoms with Crippen molar-refractivity contribution in [2.75, 3.05) is 11.5 Å². The lowest BCUT2D eigenvalue weighted by molar-refractivity contribution is 0.0943. The highest BCUT2D eigenvalue weighted by molar-refractivity contribution is 7.94. The first-order valence-electron chi connectivity index (χ1n) is 4.88. The van der Waals surface area contributed by atoms with Crippen LogP contribution < -0.4 is 11.1 Å². The van der Waals surface area contributed by atoms with Crippen LogP contribution in [0.1, 0.15) is 10.5 Å². The summed E-state index contributed by atoms with van der Waals surface area (Å²) in [6, 6.07) is -0.520. The summed E-state index contributed by atoms with van der Waals surface area (Å²) in [5.41, 5.74) is 5.95. The van der Waals surface area contributed by atoms with Crippen LogP contribution in [0.3, 0.4) is 0 Å². The SMILES string of the molecule is Cn1cc(N)c(C(=O)NC2C=CS(=O)(=O)C2)n1. The van der Waals surface area contributed by atoms with Crippen LogP contribution in [0.2, 0.25) is 0 Å². The molecule has 0 aromatic carbocycles. The summed E-state index contributed by atoms with van der Waals surface area (Å²) in [5, 5.41) is 7.54. The van der Waals surface area contributed by atoms with Crippen LogP contribution in [0.5, 0.6) is 0 Å². The van der Waals surface area contributed by atoms with Gasteiger partial charge in [0.2, 0.25) is 0 Å². The van der Waals surface area contributed by atoms with E-state index in [-0.39, 0.29) is 17.1 Å². The van der Waals surface area contributed by atoms with Gasteiger partial charge in [-0.05, 0) is 6.08 Å². The van der Waals surface area contributed by atoms with Gasteiger partial charge in [0.1, 0.15) is 0 Å². The minimum atomic E-state index is -3.18. The number of hydrogen-bond acceptors (Lipinski definition) is 5. The third-order valence-electron chi connectivity index (χ3n) is 2.32. The maximum atomic E-state index is 11.8. The van der Waals surface area contributed by atoms with Crippen molar-refractivity contribution in [2.24, 2.45) is 7.05 Å². The zero-order valence-corrected chi connectivity index (χ0v) is 9.94. The first-order valence-corrected chi connectivity index (χ1v) is 6.60. The van der Waals surface area contributed by atoms with E-state index in [0.717, 1.165) is 5.41 Å². The van der Waals surface area contributed by atoms with Gasteiger partial charge >= 0.3 is 0 Å². The van der Waals surface area contributed by atoms with Gasteiger partial charge in [-0.2, -0.15) is 5.10 Å². The Labute approximate surface area is 98.2 Å². The summed E-state index contributed by atoms with van der Waals surface area (Å²) >= 11 is 0. The van der Waals surface area contributed by atoms with E-state index >= 15 is 0 Å². The number of nitrogens with two attached hydrogens (primary N) is 1. The molecule has 1 aromatic heterocycles. The van der Waals surface area contributed by atoms with Crippen molar-refractivity contribution in [1.29, 1.82) is 0 Å². The van der Waals surface area contributed by atoms with Gasteiger partial charge < -0.3 is 11.1 Å².